The Labute approximate surface area is 42.4 Å². The summed E-state index contributed by atoms with van der Waals surface area (Å²) in [4.78, 5) is 0. The lowest BCUT2D eigenvalue weighted by atomic mass is 10.5. The zero-order valence-electron chi connectivity index (χ0n) is 4.22. The maximum atomic E-state index is 4.94. The molecule has 1 heterocycles. The summed E-state index contributed by atoms with van der Waals surface area (Å²) in [5.74, 6) is 0. The van der Waals surface area contributed by atoms with Gasteiger partial charge in [0.2, 0.25) is 0 Å². The highest BCUT2D eigenvalue weighted by atomic mass is 16.7. The van der Waals surface area contributed by atoms with Crippen LogP contribution in [0.4, 0.5) is 0 Å². The molecule has 0 bridgehead atoms. The van der Waals surface area contributed by atoms with Crippen LogP contribution in [0.2, 0.25) is 0 Å². The number of hydrogen-bond donors (Lipinski definition) is 1. The molecule has 0 spiro atoms. The zero-order chi connectivity index (χ0) is 5.11. The lowest BCUT2D eigenvalue weighted by molar-refractivity contribution is -0.572. The maximum Gasteiger partial charge on any atom is 0.304 e. The first-order valence-corrected chi connectivity index (χ1v) is 2.46. The first kappa shape index (κ1) is 5.03. The minimum Gasteiger partial charge on any atom is -0.308 e. The van der Waals surface area contributed by atoms with Crippen molar-refractivity contribution in [3.63, 3.8) is 0 Å². The summed E-state index contributed by atoms with van der Waals surface area (Å²) in [7, 11) is 0. The van der Waals surface area contributed by atoms with E-state index in [2.05, 4.69) is 5.73 Å². The smallest absolute Gasteiger partial charge is 0.304 e. The molecule has 0 aliphatic carbocycles. The van der Waals surface area contributed by atoms with Crippen LogP contribution >= 0.6 is 0 Å². The van der Waals surface area contributed by atoms with Crippen molar-refractivity contribution in [1.29, 1.82) is 0 Å². The van der Waals surface area contributed by atoms with Crippen molar-refractivity contribution in [2.24, 2.45) is 0 Å². The van der Waals surface area contributed by atoms with Gasteiger partial charge in [0.05, 0.1) is 13.2 Å². The first-order chi connectivity index (χ1) is 3.39. The van der Waals surface area contributed by atoms with Gasteiger partial charge in [-0.3, -0.25) is 0 Å². The predicted octanol–water partition coefficient (Wildman–Crippen LogP) is -1.05. The average molecular weight is 104 g/mol. The first-order valence-electron chi connectivity index (χ1n) is 2.46. The average Bonchev–Trinajstić information content (AvgIpc) is 1.69. The Morgan fingerprint density at radius 1 is 1.29 bits per heavy atom. The van der Waals surface area contributed by atoms with E-state index >= 15 is 0 Å². The van der Waals surface area contributed by atoms with Crippen molar-refractivity contribution in [1.82, 2.24) is 0 Å². The molecule has 1 rings (SSSR count). The molecule has 3 nitrogen and oxygen atoms in total. The van der Waals surface area contributed by atoms with Crippen LogP contribution in [0.1, 0.15) is 6.42 Å². The second-order valence-electron chi connectivity index (χ2n) is 1.52. The monoisotopic (exact) mass is 104 g/mol. The van der Waals surface area contributed by atoms with Gasteiger partial charge in [0.15, 0.2) is 0 Å². The van der Waals surface area contributed by atoms with E-state index in [1.807, 2.05) is 0 Å². The Morgan fingerprint density at radius 3 is 2.14 bits per heavy atom. The van der Waals surface area contributed by atoms with E-state index in [1.165, 1.54) is 0 Å². The van der Waals surface area contributed by atoms with E-state index in [1.54, 1.807) is 0 Å². The van der Waals surface area contributed by atoms with Gasteiger partial charge in [-0.2, -0.15) is 0 Å². The van der Waals surface area contributed by atoms with Gasteiger partial charge >= 0.3 is 6.41 Å². The molecule has 0 saturated carbocycles. The third kappa shape index (κ3) is 1.43. The molecule has 0 atom stereocenters. The molecule has 1 fully saturated rings. The SMILES string of the molecule is [NH3+]C1OCCCO1. The number of rotatable bonds is 0. The van der Waals surface area contributed by atoms with Crippen LogP contribution in [0.15, 0.2) is 0 Å². The van der Waals surface area contributed by atoms with E-state index < -0.39 is 0 Å². The van der Waals surface area contributed by atoms with Crippen molar-refractivity contribution >= 4 is 0 Å². The molecule has 1 aliphatic heterocycles. The second-order valence-corrected chi connectivity index (χ2v) is 1.52. The zero-order valence-corrected chi connectivity index (χ0v) is 4.22. The largest absolute Gasteiger partial charge is 0.308 e. The Bertz CT molecular complexity index is 51.7. The highest BCUT2D eigenvalue weighted by Crippen LogP contribution is 1.95. The molecular weight excluding hydrogens is 94.0 g/mol. The maximum absolute atomic E-state index is 4.94. The third-order valence-electron chi connectivity index (χ3n) is 0.896. The van der Waals surface area contributed by atoms with E-state index in [0.717, 1.165) is 19.6 Å². The Hall–Kier alpha value is -0.120. The van der Waals surface area contributed by atoms with Crippen molar-refractivity contribution in [2.45, 2.75) is 12.8 Å². The van der Waals surface area contributed by atoms with Crippen molar-refractivity contribution in [3.05, 3.63) is 0 Å². The lowest BCUT2D eigenvalue weighted by Gasteiger charge is -2.14. The van der Waals surface area contributed by atoms with E-state index in [4.69, 9.17) is 9.47 Å². The fourth-order valence-corrected chi connectivity index (χ4v) is 0.537. The van der Waals surface area contributed by atoms with E-state index in [-0.39, 0.29) is 6.41 Å². The summed E-state index contributed by atoms with van der Waals surface area (Å²) >= 11 is 0. The summed E-state index contributed by atoms with van der Waals surface area (Å²) in [6.07, 6.45) is 0.792. The molecule has 0 aromatic carbocycles. The fourth-order valence-electron chi connectivity index (χ4n) is 0.537. The Morgan fingerprint density at radius 2 is 1.86 bits per heavy atom. The number of quaternary nitrogens is 1. The summed E-state index contributed by atoms with van der Waals surface area (Å²) in [6, 6.07) is 0. The molecule has 0 radical (unpaired) electrons. The third-order valence-corrected chi connectivity index (χ3v) is 0.896. The molecule has 7 heavy (non-hydrogen) atoms. The normalized spacial score (nSPS) is 25.3. The molecule has 1 aliphatic rings. The molecule has 3 N–H and O–H groups in total. The Balaban J connectivity index is 2.12. The molecule has 0 aromatic rings. The minimum absolute atomic E-state index is 0.214. The van der Waals surface area contributed by atoms with Gasteiger partial charge in [-0.1, -0.05) is 0 Å². The predicted molar refractivity (Wildman–Crippen MR) is 23.2 cm³/mol. The number of ether oxygens (including phenoxy) is 2. The van der Waals surface area contributed by atoms with Gasteiger partial charge in [-0.05, 0) is 6.42 Å². The highest BCUT2D eigenvalue weighted by Gasteiger charge is 2.09. The molecule has 0 unspecified atom stereocenters. The van der Waals surface area contributed by atoms with Crippen LogP contribution in [-0.4, -0.2) is 19.6 Å². The summed E-state index contributed by atoms with van der Waals surface area (Å²) in [5, 5.41) is 0. The Kier molecular flexibility index (Phi) is 1.62. The molecule has 1 saturated heterocycles. The van der Waals surface area contributed by atoms with Crippen LogP contribution in [0.25, 0.3) is 0 Å². The van der Waals surface area contributed by atoms with Crippen molar-refractivity contribution in [3.8, 4) is 0 Å². The van der Waals surface area contributed by atoms with Gasteiger partial charge in [0, 0.05) is 0 Å². The fraction of sp³-hybridized carbons (Fsp3) is 1.00. The summed E-state index contributed by atoms with van der Waals surface area (Å²) in [5.41, 5.74) is 3.55. The van der Waals surface area contributed by atoms with Gasteiger partial charge in [-0.15, -0.1) is 0 Å². The molecule has 42 valence electrons. The summed E-state index contributed by atoms with van der Waals surface area (Å²) in [6.45, 7) is 1.60. The van der Waals surface area contributed by atoms with E-state index in [9.17, 15) is 0 Å². The molecule has 3 heteroatoms. The van der Waals surface area contributed by atoms with Gasteiger partial charge in [0.25, 0.3) is 0 Å². The van der Waals surface area contributed by atoms with Gasteiger partial charge < -0.3 is 15.2 Å². The molecular formula is C4H10NO2+. The molecule has 0 amide bonds. The van der Waals surface area contributed by atoms with Crippen molar-refractivity contribution < 1.29 is 15.2 Å². The van der Waals surface area contributed by atoms with Crippen LogP contribution in [-0.2, 0) is 9.47 Å². The quantitative estimate of drug-likeness (QED) is 0.426. The van der Waals surface area contributed by atoms with Crippen LogP contribution in [0, 0.1) is 0 Å². The standard InChI is InChI=1S/C4H9NO2/c5-4-6-2-1-3-7-4/h4H,1-3,5H2/p+1. The van der Waals surface area contributed by atoms with Gasteiger partial charge in [-0.25, -0.2) is 0 Å². The molecule has 0 aromatic heterocycles. The van der Waals surface area contributed by atoms with Crippen LogP contribution in [0.3, 0.4) is 0 Å². The lowest BCUT2D eigenvalue weighted by Crippen LogP contribution is -2.64. The summed E-state index contributed by atoms with van der Waals surface area (Å²) < 4.78 is 9.89. The van der Waals surface area contributed by atoms with Crippen LogP contribution in [0.5, 0.6) is 0 Å². The minimum atomic E-state index is -0.214. The van der Waals surface area contributed by atoms with Crippen molar-refractivity contribution in [2.75, 3.05) is 13.2 Å². The topological polar surface area (TPSA) is 46.1 Å². The second kappa shape index (κ2) is 2.26. The highest BCUT2D eigenvalue weighted by molar-refractivity contribution is 4.37. The van der Waals surface area contributed by atoms with Gasteiger partial charge in [0.1, 0.15) is 0 Å². The van der Waals surface area contributed by atoms with Crippen LogP contribution < -0.4 is 5.73 Å². The number of hydrogen-bond acceptors (Lipinski definition) is 2. The van der Waals surface area contributed by atoms with E-state index in [0.29, 0.717) is 0 Å².